The molecule has 2 rings (SSSR count). The van der Waals surface area contributed by atoms with Crippen LogP contribution in [-0.4, -0.2) is 19.2 Å². The number of aromatic nitrogens is 1. The van der Waals surface area contributed by atoms with Crippen LogP contribution in [0.15, 0.2) is 36.5 Å². The van der Waals surface area contributed by atoms with Gasteiger partial charge in [-0.2, -0.15) is 0 Å². The molecule has 0 bridgehead atoms. The van der Waals surface area contributed by atoms with Gasteiger partial charge in [0.1, 0.15) is 23.0 Å². The molecule has 0 radical (unpaired) electrons. The SMILES string of the molecule is COc1cc(OC)cc(Oc2ccc(CN)nc2)c1. The third-order valence-corrected chi connectivity index (χ3v) is 2.57. The van der Waals surface area contributed by atoms with E-state index in [1.807, 2.05) is 12.1 Å². The minimum Gasteiger partial charge on any atom is -0.496 e. The largest absolute Gasteiger partial charge is 0.496 e. The standard InChI is InChI=1S/C14H16N2O3/c1-17-12-5-13(18-2)7-14(6-12)19-11-4-3-10(8-15)16-9-11/h3-7,9H,8,15H2,1-2H3. The molecule has 0 atom stereocenters. The Hall–Kier alpha value is -2.27. The van der Waals surface area contributed by atoms with Gasteiger partial charge < -0.3 is 19.9 Å². The predicted octanol–water partition coefficient (Wildman–Crippen LogP) is 2.35. The first kappa shape index (κ1) is 13.2. The van der Waals surface area contributed by atoms with Gasteiger partial charge in [-0.25, -0.2) is 0 Å². The second kappa shape index (κ2) is 6.06. The Labute approximate surface area is 111 Å². The van der Waals surface area contributed by atoms with Gasteiger partial charge in [0, 0.05) is 24.7 Å². The van der Waals surface area contributed by atoms with Crippen molar-refractivity contribution in [3.05, 3.63) is 42.2 Å². The fourth-order valence-corrected chi connectivity index (χ4v) is 1.57. The molecule has 0 aliphatic carbocycles. The zero-order valence-electron chi connectivity index (χ0n) is 10.9. The second-order valence-electron chi connectivity index (χ2n) is 3.84. The maximum atomic E-state index is 5.70. The summed E-state index contributed by atoms with van der Waals surface area (Å²) in [5.74, 6) is 2.59. The Morgan fingerprint density at radius 1 is 0.947 bits per heavy atom. The molecule has 0 saturated carbocycles. The van der Waals surface area contributed by atoms with Crippen molar-refractivity contribution >= 4 is 0 Å². The van der Waals surface area contributed by atoms with Gasteiger partial charge in [-0.3, -0.25) is 4.98 Å². The van der Waals surface area contributed by atoms with E-state index >= 15 is 0 Å². The lowest BCUT2D eigenvalue weighted by atomic mass is 10.3. The van der Waals surface area contributed by atoms with E-state index in [0.717, 1.165) is 5.69 Å². The van der Waals surface area contributed by atoms with Gasteiger partial charge in [0.05, 0.1) is 26.1 Å². The highest BCUT2D eigenvalue weighted by molar-refractivity contribution is 5.43. The van der Waals surface area contributed by atoms with Gasteiger partial charge in [-0.15, -0.1) is 0 Å². The van der Waals surface area contributed by atoms with Crippen molar-refractivity contribution < 1.29 is 14.2 Å². The number of nitrogens with zero attached hydrogens (tertiary/aromatic N) is 1. The lowest BCUT2D eigenvalue weighted by molar-refractivity contribution is 0.386. The molecular weight excluding hydrogens is 244 g/mol. The molecule has 0 unspecified atom stereocenters. The average molecular weight is 260 g/mol. The molecule has 2 N–H and O–H groups in total. The van der Waals surface area contributed by atoms with E-state index in [2.05, 4.69) is 4.98 Å². The maximum Gasteiger partial charge on any atom is 0.145 e. The molecular formula is C14H16N2O3. The van der Waals surface area contributed by atoms with E-state index in [0.29, 0.717) is 29.5 Å². The molecule has 0 spiro atoms. The molecule has 0 amide bonds. The first-order chi connectivity index (χ1) is 9.25. The molecule has 0 aliphatic heterocycles. The van der Waals surface area contributed by atoms with Gasteiger partial charge in [0.25, 0.3) is 0 Å². The van der Waals surface area contributed by atoms with Crippen LogP contribution in [0.5, 0.6) is 23.0 Å². The van der Waals surface area contributed by atoms with E-state index in [-0.39, 0.29) is 0 Å². The smallest absolute Gasteiger partial charge is 0.145 e. The van der Waals surface area contributed by atoms with Crippen LogP contribution in [0.1, 0.15) is 5.69 Å². The van der Waals surface area contributed by atoms with Crippen molar-refractivity contribution in [3.63, 3.8) is 0 Å². The Morgan fingerprint density at radius 3 is 2.05 bits per heavy atom. The summed E-state index contributed by atoms with van der Waals surface area (Å²) >= 11 is 0. The van der Waals surface area contributed by atoms with Gasteiger partial charge in [-0.1, -0.05) is 0 Å². The number of ether oxygens (including phenoxy) is 3. The van der Waals surface area contributed by atoms with Crippen LogP contribution in [-0.2, 0) is 6.54 Å². The van der Waals surface area contributed by atoms with E-state index < -0.39 is 0 Å². The van der Waals surface area contributed by atoms with Crippen LogP contribution in [0.3, 0.4) is 0 Å². The van der Waals surface area contributed by atoms with Crippen molar-refractivity contribution in [2.45, 2.75) is 6.54 Å². The molecule has 0 fully saturated rings. The number of hydrogen-bond acceptors (Lipinski definition) is 5. The summed E-state index contributed by atoms with van der Waals surface area (Å²) in [6.45, 7) is 0.410. The maximum absolute atomic E-state index is 5.70. The highest BCUT2D eigenvalue weighted by atomic mass is 16.5. The fourth-order valence-electron chi connectivity index (χ4n) is 1.57. The van der Waals surface area contributed by atoms with Gasteiger partial charge >= 0.3 is 0 Å². The van der Waals surface area contributed by atoms with Crippen molar-refractivity contribution in [2.24, 2.45) is 5.73 Å². The lowest BCUT2D eigenvalue weighted by Crippen LogP contribution is -1.98. The molecule has 5 heteroatoms. The number of pyridine rings is 1. The quantitative estimate of drug-likeness (QED) is 0.893. The molecule has 1 aromatic carbocycles. The summed E-state index contributed by atoms with van der Waals surface area (Å²) in [6, 6.07) is 8.98. The number of rotatable bonds is 5. The van der Waals surface area contributed by atoms with Crippen molar-refractivity contribution in [2.75, 3.05) is 14.2 Å². The number of methoxy groups -OCH3 is 2. The van der Waals surface area contributed by atoms with E-state index in [1.165, 1.54) is 0 Å². The van der Waals surface area contributed by atoms with Gasteiger partial charge in [0.2, 0.25) is 0 Å². The average Bonchev–Trinajstić information content (AvgIpc) is 2.47. The summed E-state index contributed by atoms with van der Waals surface area (Å²) in [7, 11) is 3.19. The number of nitrogens with two attached hydrogens (primary N) is 1. The minimum atomic E-state index is 0.410. The normalized spacial score (nSPS) is 10.1. The molecule has 2 aromatic rings. The number of hydrogen-bond donors (Lipinski definition) is 1. The van der Waals surface area contributed by atoms with E-state index in [9.17, 15) is 0 Å². The van der Waals surface area contributed by atoms with Crippen LogP contribution >= 0.6 is 0 Å². The zero-order chi connectivity index (χ0) is 13.7. The van der Waals surface area contributed by atoms with Crippen LogP contribution in [0.2, 0.25) is 0 Å². The van der Waals surface area contributed by atoms with Crippen LogP contribution in [0.25, 0.3) is 0 Å². The summed E-state index contributed by atoms with van der Waals surface area (Å²) in [4.78, 5) is 4.17. The van der Waals surface area contributed by atoms with Crippen molar-refractivity contribution in [1.29, 1.82) is 0 Å². The summed E-state index contributed by atoms with van der Waals surface area (Å²) in [5.41, 5.74) is 6.31. The zero-order valence-corrected chi connectivity index (χ0v) is 10.9. The molecule has 0 saturated heterocycles. The third-order valence-electron chi connectivity index (χ3n) is 2.57. The minimum absolute atomic E-state index is 0.410. The monoisotopic (exact) mass is 260 g/mol. The first-order valence-corrected chi connectivity index (χ1v) is 5.81. The van der Waals surface area contributed by atoms with Crippen LogP contribution in [0, 0.1) is 0 Å². The van der Waals surface area contributed by atoms with Crippen molar-refractivity contribution in [3.8, 4) is 23.0 Å². The molecule has 19 heavy (non-hydrogen) atoms. The Morgan fingerprint density at radius 2 is 1.58 bits per heavy atom. The van der Waals surface area contributed by atoms with E-state index in [4.69, 9.17) is 19.9 Å². The third kappa shape index (κ3) is 3.35. The lowest BCUT2D eigenvalue weighted by Gasteiger charge is -2.10. The predicted molar refractivity (Wildman–Crippen MR) is 71.7 cm³/mol. The molecule has 0 aliphatic rings. The summed E-state index contributed by atoms with van der Waals surface area (Å²) in [6.07, 6.45) is 1.63. The molecule has 100 valence electrons. The molecule has 1 heterocycles. The second-order valence-corrected chi connectivity index (χ2v) is 3.84. The first-order valence-electron chi connectivity index (χ1n) is 5.81. The number of benzene rings is 1. The molecule has 5 nitrogen and oxygen atoms in total. The molecule has 1 aromatic heterocycles. The fraction of sp³-hybridized carbons (Fsp3) is 0.214. The summed E-state index contributed by atoms with van der Waals surface area (Å²) in [5, 5.41) is 0. The highest BCUT2D eigenvalue weighted by Gasteiger charge is 2.04. The Balaban J connectivity index is 2.21. The Bertz CT molecular complexity index is 519. The van der Waals surface area contributed by atoms with Crippen molar-refractivity contribution in [1.82, 2.24) is 4.98 Å². The van der Waals surface area contributed by atoms with Crippen LogP contribution < -0.4 is 19.9 Å². The van der Waals surface area contributed by atoms with Crippen LogP contribution in [0.4, 0.5) is 0 Å². The van der Waals surface area contributed by atoms with Gasteiger partial charge in [0.15, 0.2) is 0 Å². The van der Waals surface area contributed by atoms with E-state index in [1.54, 1.807) is 38.6 Å². The van der Waals surface area contributed by atoms with Gasteiger partial charge in [-0.05, 0) is 12.1 Å². The topological polar surface area (TPSA) is 66.6 Å². The Kier molecular flexibility index (Phi) is 4.20. The highest BCUT2D eigenvalue weighted by Crippen LogP contribution is 2.30. The summed E-state index contributed by atoms with van der Waals surface area (Å²) < 4.78 is 16.1.